The average Bonchev–Trinajstić information content (AvgIpc) is 2.04. The molecule has 5 heteroatoms. The molecule has 1 rings (SSSR count). The molecule has 0 bridgehead atoms. The Morgan fingerprint density at radius 3 is 2.54 bits per heavy atom. The van der Waals surface area contributed by atoms with E-state index in [2.05, 4.69) is 6.92 Å². The molecule has 0 saturated carbocycles. The van der Waals surface area contributed by atoms with Gasteiger partial charge in [0.05, 0.1) is 4.91 Å². The first-order valence-corrected chi connectivity index (χ1v) is 6.62. The first kappa shape index (κ1) is 10.8. The van der Waals surface area contributed by atoms with Crippen LogP contribution < -0.4 is 5.14 Å². The Bertz CT molecular complexity index is 356. The third kappa shape index (κ3) is 2.59. The summed E-state index contributed by atoms with van der Waals surface area (Å²) in [5.74, 6) is 0. The Balaban J connectivity index is 2.89. The molecule has 13 heavy (non-hydrogen) atoms. The van der Waals surface area contributed by atoms with Crippen LogP contribution in [0.4, 0.5) is 0 Å². The third-order valence-corrected chi connectivity index (χ3v) is 4.30. The average molecular weight is 219 g/mol. The molecule has 0 heterocycles. The Morgan fingerprint density at radius 2 is 2.23 bits per heavy atom. The number of allylic oxidation sites excluding steroid dienone is 2. The van der Waals surface area contributed by atoms with Gasteiger partial charge < -0.3 is 0 Å². The van der Waals surface area contributed by atoms with Gasteiger partial charge in [-0.25, -0.2) is 13.6 Å². The van der Waals surface area contributed by atoms with Crippen molar-refractivity contribution in [3.8, 4) is 0 Å². The van der Waals surface area contributed by atoms with Crippen LogP contribution in [-0.4, -0.2) is 19.4 Å². The van der Waals surface area contributed by atoms with Gasteiger partial charge in [-0.1, -0.05) is 12.2 Å². The largest absolute Gasteiger partial charge is 0.237 e. The van der Waals surface area contributed by atoms with Crippen LogP contribution in [0.25, 0.3) is 0 Å². The fourth-order valence-corrected chi connectivity index (χ4v) is 2.09. The maximum atomic E-state index is 10.9. The van der Waals surface area contributed by atoms with E-state index in [1.165, 1.54) is 0 Å². The first-order valence-electron chi connectivity index (χ1n) is 3.85. The molecule has 1 atom stereocenters. The van der Waals surface area contributed by atoms with E-state index in [1.807, 2.05) is 12.3 Å². The monoisotopic (exact) mass is 219 g/mol. The normalized spacial score (nSPS) is 28.7. The summed E-state index contributed by atoms with van der Waals surface area (Å²) in [4.78, 5) is 0.221. The van der Waals surface area contributed by atoms with Crippen LogP contribution in [0.3, 0.4) is 0 Å². The molecule has 2 N–H and O–H groups in total. The van der Waals surface area contributed by atoms with Crippen LogP contribution in [0.5, 0.6) is 0 Å². The molecule has 0 aliphatic heterocycles. The molecule has 0 radical (unpaired) electrons. The molecule has 74 valence electrons. The zero-order valence-electron chi connectivity index (χ0n) is 7.65. The van der Waals surface area contributed by atoms with Crippen molar-refractivity contribution in [3.63, 3.8) is 0 Å². The minimum atomic E-state index is -3.52. The van der Waals surface area contributed by atoms with E-state index in [0.717, 1.165) is 0 Å². The van der Waals surface area contributed by atoms with Crippen molar-refractivity contribution < 1.29 is 8.42 Å². The van der Waals surface area contributed by atoms with Gasteiger partial charge in [0.1, 0.15) is 0 Å². The molecule has 0 spiro atoms. The van der Waals surface area contributed by atoms with Gasteiger partial charge in [-0.2, -0.15) is 11.8 Å². The van der Waals surface area contributed by atoms with E-state index in [0.29, 0.717) is 6.42 Å². The van der Waals surface area contributed by atoms with Crippen molar-refractivity contribution in [1.29, 1.82) is 0 Å². The molecule has 0 aromatic carbocycles. The number of rotatable bonds is 2. The summed E-state index contributed by atoms with van der Waals surface area (Å²) in [5, 5.41) is 4.99. The summed E-state index contributed by atoms with van der Waals surface area (Å²) >= 11 is 1.69. The molecule has 1 aliphatic rings. The lowest BCUT2D eigenvalue weighted by molar-refractivity contribution is 0.604. The van der Waals surface area contributed by atoms with Gasteiger partial charge in [-0.05, 0) is 25.7 Å². The second-order valence-corrected chi connectivity index (χ2v) is 6.11. The lowest BCUT2D eigenvalue weighted by Gasteiger charge is -2.24. The zero-order chi connectivity index (χ0) is 10.1. The highest BCUT2D eigenvalue weighted by Gasteiger charge is 2.23. The van der Waals surface area contributed by atoms with E-state index < -0.39 is 10.0 Å². The van der Waals surface area contributed by atoms with Gasteiger partial charge in [0, 0.05) is 4.75 Å². The number of hydrogen-bond donors (Lipinski definition) is 1. The minimum absolute atomic E-state index is 0.00813. The van der Waals surface area contributed by atoms with Crippen LogP contribution in [0.15, 0.2) is 23.1 Å². The maximum Gasteiger partial charge on any atom is 0.237 e. The topological polar surface area (TPSA) is 60.2 Å². The van der Waals surface area contributed by atoms with Crippen molar-refractivity contribution in [2.75, 3.05) is 6.26 Å². The predicted molar refractivity (Wildman–Crippen MR) is 56.9 cm³/mol. The van der Waals surface area contributed by atoms with Crippen molar-refractivity contribution in [2.24, 2.45) is 5.14 Å². The number of nitrogens with two attached hydrogens (primary N) is 1. The molecular formula is C8H13NO2S2. The molecule has 0 saturated heterocycles. The van der Waals surface area contributed by atoms with Crippen LogP contribution in [0.2, 0.25) is 0 Å². The zero-order valence-corrected chi connectivity index (χ0v) is 9.28. The summed E-state index contributed by atoms with van der Waals surface area (Å²) in [6.07, 6.45) is 7.84. The summed E-state index contributed by atoms with van der Waals surface area (Å²) in [5.41, 5.74) is 0. The Kier molecular flexibility index (Phi) is 2.89. The van der Waals surface area contributed by atoms with Crippen molar-refractivity contribution in [1.82, 2.24) is 0 Å². The van der Waals surface area contributed by atoms with E-state index in [1.54, 1.807) is 23.9 Å². The molecule has 0 aromatic heterocycles. The standard InChI is InChI=1S/C8H13NO2S2/c1-8(12-2)5-3-7(4-6-8)13(9,10)11/h3-5H,6H2,1-2H3,(H2,9,10,11). The number of hydrogen-bond acceptors (Lipinski definition) is 3. The molecule has 1 aliphatic carbocycles. The van der Waals surface area contributed by atoms with Crippen molar-refractivity contribution in [3.05, 3.63) is 23.1 Å². The Morgan fingerprint density at radius 1 is 1.62 bits per heavy atom. The SMILES string of the molecule is CSC1(C)C=CC(S(N)(=O)=O)=CC1. The van der Waals surface area contributed by atoms with E-state index >= 15 is 0 Å². The molecular weight excluding hydrogens is 206 g/mol. The summed E-state index contributed by atoms with van der Waals surface area (Å²) in [7, 11) is -3.52. The Labute approximate surface area is 83.1 Å². The lowest BCUT2D eigenvalue weighted by atomic mass is 10.0. The second-order valence-electron chi connectivity index (χ2n) is 3.21. The maximum absolute atomic E-state index is 10.9. The van der Waals surface area contributed by atoms with E-state index in [-0.39, 0.29) is 9.65 Å². The summed E-state index contributed by atoms with van der Waals surface area (Å²) < 4.78 is 21.9. The highest BCUT2D eigenvalue weighted by molar-refractivity contribution is 8.00. The lowest BCUT2D eigenvalue weighted by Crippen LogP contribution is -2.21. The van der Waals surface area contributed by atoms with E-state index in [4.69, 9.17) is 5.14 Å². The van der Waals surface area contributed by atoms with Crippen molar-refractivity contribution in [2.45, 2.75) is 18.1 Å². The quantitative estimate of drug-likeness (QED) is 0.760. The predicted octanol–water partition coefficient (Wildman–Crippen LogP) is 1.24. The van der Waals surface area contributed by atoms with Gasteiger partial charge in [0.2, 0.25) is 10.0 Å². The fourth-order valence-electron chi connectivity index (χ4n) is 1.06. The number of primary sulfonamides is 1. The van der Waals surface area contributed by atoms with Gasteiger partial charge in [-0.15, -0.1) is 0 Å². The van der Waals surface area contributed by atoms with Crippen LogP contribution in [0.1, 0.15) is 13.3 Å². The van der Waals surface area contributed by atoms with Gasteiger partial charge in [0.25, 0.3) is 0 Å². The van der Waals surface area contributed by atoms with E-state index in [9.17, 15) is 8.42 Å². The highest BCUT2D eigenvalue weighted by atomic mass is 32.2. The second kappa shape index (κ2) is 3.48. The van der Waals surface area contributed by atoms with Crippen LogP contribution >= 0.6 is 11.8 Å². The van der Waals surface area contributed by atoms with Crippen molar-refractivity contribution >= 4 is 21.8 Å². The molecule has 1 unspecified atom stereocenters. The summed E-state index contributed by atoms with van der Waals surface area (Å²) in [6.45, 7) is 2.06. The molecule has 3 nitrogen and oxygen atoms in total. The molecule has 0 fully saturated rings. The third-order valence-electron chi connectivity index (χ3n) is 2.10. The minimum Gasteiger partial charge on any atom is -0.225 e. The Hall–Kier alpha value is -0.260. The fraction of sp³-hybridized carbons (Fsp3) is 0.500. The molecule has 0 amide bonds. The first-order chi connectivity index (χ1) is 5.87. The number of sulfonamides is 1. The molecule has 0 aromatic rings. The van der Waals surface area contributed by atoms with Crippen LogP contribution in [0, 0.1) is 0 Å². The number of thioether (sulfide) groups is 1. The highest BCUT2D eigenvalue weighted by Crippen LogP contribution is 2.32. The van der Waals surface area contributed by atoms with Gasteiger partial charge >= 0.3 is 0 Å². The summed E-state index contributed by atoms with van der Waals surface area (Å²) in [6, 6.07) is 0. The van der Waals surface area contributed by atoms with Gasteiger partial charge in [0.15, 0.2) is 0 Å². The van der Waals surface area contributed by atoms with Gasteiger partial charge in [-0.3, -0.25) is 0 Å². The van der Waals surface area contributed by atoms with Crippen LogP contribution in [-0.2, 0) is 10.0 Å². The smallest absolute Gasteiger partial charge is 0.225 e.